The van der Waals surface area contributed by atoms with E-state index in [2.05, 4.69) is 47.3 Å². The summed E-state index contributed by atoms with van der Waals surface area (Å²) in [6.45, 7) is 3.53. The third-order valence-corrected chi connectivity index (χ3v) is 3.31. The minimum atomic E-state index is 0.525. The van der Waals surface area contributed by atoms with Crippen LogP contribution >= 0.6 is 31.9 Å². The van der Waals surface area contributed by atoms with Crippen LogP contribution in [0.3, 0.4) is 0 Å². The first-order chi connectivity index (χ1) is 8.20. The summed E-state index contributed by atoms with van der Waals surface area (Å²) in [5.74, 6) is 1.19. The molecule has 0 amide bonds. The molecule has 0 saturated heterocycles. The smallest absolute Gasteiger partial charge is 0.259 e. The number of hydrogen-bond acceptors (Lipinski definition) is 4. The van der Waals surface area contributed by atoms with Gasteiger partial charge in [0.2, 0.25) is 0 Å². The lowest BCUT2D eigenvalue weighted by Gasteiger charge is -1.98. The normalized spacial score (nSPS) is 10.8. The van der Waals surface area contributed by atoms with Gasteiger partial charge in [-0.3, -0.25) is 0 Å². The van der Waals surface area contributed by atoms with E-state index < -0.39 is 0 Å². The second-order valence-electron chi connectivity index (χ2n) is 3.42. The Balaban J connectivity index is 2.24. The SMILES string of the molecule is CCNCc1noc(-c2ccc(Br)cc2Br)n1. The molecular weight excluding hydrogens is 350 g/mol. The summed E-state index contributed by atoms with van der Waals surface area (Å²) in [6, 6.07) is 5.82. The Hall–Kier alpha value is -0.720. The summed E-state index contributed by atoms with van der Waals surface area (Å²) in [6.07, 6.45) is 0. The number of rotatable bonds is 4. The van der Waals surface area contributed by atoms with Crippen molar-refractivity contribution >= 4 is 31.9 Å². The summed E-state index contributed by atoms with van der Waals surface area (Å²) in [7, 11) is 0. The van der Waals surface area contributed by atoms with E-state index in [-0.39, 0.29) is 0 Å². The van der Waals surface area contributed by atoms with Gasteiger partial charge in [-0.25, -0.2) is 0 Å². The molecule has 0 fully saturated rings. The van der Waals surface area contributed by atoms with Crippen LogP contribution in [0.25, 0.3) is 11.5 Å². The summed E-state index contributed by atoms with van der Waals surface area (Å²) in [4.78, 5) is 4.32. The molecule has 4 nitrogen and oxygen atoms in total. The molecule has 6 heteroatoms. The zero-order valence-corrected chi connectivity index (χ0v) is 12.4. The van der Waals surface area contributed by atoms with Gasteiger partial charge in [0.25, 0.3) is 5.89 Å². The molecule has 17 heavy (non-hydrogen) atoms. The van der Waals surface area contributed by atoms with Gasteiger partial charge in [-0.1, -0.05) is 28.0 Å². The largest absolute Gasteiger partial charge is 0.334 e. The van der Waals surface area contributed by atoms with Crippen molar-refractivity contribution in [3.63, 3.8) is 0 Å². The Morgan fingerprint density at radius 2 is 2.18 bits per heavy atom. The van der Waals surface area contributed by atoms with Crippen molar-refractivity contribution in [3.05, 3.63) is 33.0 Å². The van der Waals surface area contributed by atoms with E-state index in [1.165, 1.54) is 0 Å². The molecule has 1 N–H and O–H groups in total. The predicted molar refractivity (Wildman–Crippen MR) is 72.5 cm³/mol. The van der Waals surface area contributed by atoms with Gasteiger partial charge in [0.15, 0.2) is 5.82 Å². The lowest BCUT2D eigenvalue weighted by Crippen LogP contribution is -2.12. The molecule has 0 radical (unpaired) electrons. The lowest BCUT2D eigenvalue weighted by atomic mass is 10.2. The van der Waals surface area contributed by atoms with Gasteiger partial charge in [0.05, 0.1) is 12.1 Å². The molecule has 0 saturated carbocycles. The summed E-state index contributed by atoms with van der Waals surface area (Å²) in [5.41, 5.74) is 0.892. The molecule has 1 aromatic carbocycles. The monoisotopic (exact) mass is 359 g/mol. The van der Waals surface area contributed by atoms with Crippen LogP contribution < -0.4 is 5.32 Å². The molecular formula is C11H11Br2N3O. The van der Waals surface area contributed by atoms with Crippen molar-refractivity contribution in [2.45, 2.75) is 13.5 Å². The molecule has 1 aromatic heterocycles. The highest BCUT2D eigenvalue weighted by Crippen LogP contribution is 2.29. The minimum absolute atomic E-state index is 0.525. The van der Waals surface area contributed by atoms with Gasteiger partial charge in [0.1, 0.15) is 0 Å². The summed E-state index contributed by atoms with van der Waals surface area (Å²) < 4.78 is 7.14. The Morgan fingerprint density at radius 1 is 1.35 bits per heavy atom. The predicted octanol–water partition coefficient (Wildman–Crippen LogP) is 3.37. The Morgan fingerprint density at radius 3 is 2.88 bits per heavy atom. The molecule has 0 bridgehead atoms. The second kappa shape index (κ2) is 5.75. The second-order valence-corrected chi connectivity index (χ2v) is 5.19. The summed E-state index contributed by atoms with van der Waals surface area (Å²) in [5, 5.41) is 7.06. The van der Waals surface area contributed by atoms with Crippen LogP contribution in [0, 0.1) is 0 Å². The van der Waals surface area contributed by atoms with Gasteiger partial charge < -0.3 is 9.84 Å². The van der Waals surface area contributed by atoms with Crippen LogP contribution in [0.4, 0.5) is 0 Å². The molecule has 2 rings (SSSR count). The average molecular weight is 361 g/mol. The summed E-state index contributed by atoms with van der Waals surface area (Å²) >= 11 is 6.87. The number of aromatic nitrogens is 2. The van der Waals surface area contributed by atoms with Crippen LogP contribution in [-0.2, 0) is 6.54 Å². The number of nitrogens with one attached hydrogen (secondary N) is 1. The van der Waals surface area contributed by atoms with Gasteiger partial charge in [-0.2, -0.15) is 4.98 Å². The zero-order chi connectivity index (χ0) is 12.3. The highest BCUT2D eigenvalue weighted by molar-refractivity contribution is 9.11. The van der Waals surface area contributed by atoms with Gasteiger partial charge >= 0.3 is 0 Å². The fourth-order valence-corrected chi connectivity index (χ4v) is 2.55. The first kappa shape index (κ1) is 12.7. The standard InChI is InChI=1S/C11H11Br2N3O/c1-2-14-6-10-15-11(17-16-10)8-4-3-7(12)5-9(8)13/h3-5,14H,2,6H2,1H3. The maximum absolute atomic E-state index is 5.22. The van der Waals surface area contributed by atoms with Crippen LogP contribution in [-0.4, -0.2) is 16.7 Å². The van der Waals surface area contributed by atoms with E-state index in [9.17, 15) is 0 Å². The third kappa shape index (κ3) is 3.14. The number of nitrogens with zero attached hydrogens (tertiary/aromatic N) is 2. The van der Waals surface area contributed by atoms with Crippen LogP contribution in [0.1, 0.15) is 12.7 Å². The van der Waals surface area contributed by atoms with Crippen molar-refractivity contribution in [3.8, 4) is 11.5 Å². The van der Waals surface area contributed by atoms with Gasteiger partial charge in [-0.15, -0.1) is 0 Å². The Bertz CT molecular complexity index is 513. The maximum Gasteiger partial charge on any atom is 0.259 e. The molecule has 0 spiro atoms. The van der Waals surface area contributed by atoms with Gasteiger partial charge in [-0.05, 0) is 40.7 Å². The van der Waals surface area contributed by atoms with Crippen molar-refractivity contribution < 1.29 is 4.52 Å². The van der Waals surface area contributed by atoms with E-state index >= 15 is 0 Å². The number of hydrogen-bond donors (Lipinski definition) is 1. The topological polar surface area (TPSA) is 51.0 Å². The maximum atomic E-state index is 5.22. The van der Waals surface area contributed by atoms with Crippen LogP contribution in [0.5, 0.6) is 0 Å². The molecule has 1 heterocycles. The molecule has 0 aliphatic carbocycles. The first-order valence-corrected chi connectivity index (χ1v) is 6.78. The molecule has 90 valence electrons. The van der Waals surface area contributed by atoms with Crippen LogP contribution in [0.15, 0.2) is 31.7 Å². The number of halogens is 2. The third-order valence-electron chi connectivity index (χ3n) is 2.16. The fraction of sp³-hybridized carbons (Fsp3) is 0.273. The zero-order valence-electron chi connectivity index (χ0n) is 9.20. The highest BCUT2D eigenvalue weighted by Gasteiger charge is 2.11. The van der Waals surface area contributed by atoms with E-state index in [0.717, 1.165) is 21.1 Å². The molecule has 0 aliphatic rings. The van der Waals surface area contributed by atoms with Crippen molar-refractivity contribution in [2.75, 3.05) is 6.54 Å². The molecule has 0 atom stereocenters. The van der Waals surface area contributed by atoms with Gasteiger partial charge in [0, 0.05) is 8.95 Å². The fourth-order valence-electron chi connectivity index (χ4n) is 1.33. The Labute approximate surface area is 116 Å². The van der Waals surface area contributed by atoms with E-state index in [4.69, 9.17) is 4.52 Å². The molecule has 0 unspecified atom stereocenters. The van der Waals surface area contributed by atoms with Crippen molar-refractivity contribution in [1.82, 2.24) is 15.5 Å². The number of benzene rings is 1. The van der Waals surface area contributed by atoms with Crippen molar-refractivity contribution in [2.24, 2.45) is 0 Å². The quantitative estimate of drug-likeness (QED) is 0.908. The van der Waals surface area contributed by atoms with Crippen molar-refractivity contribution in [1.29, 1.82) is 0 Å². The van der Waals surface area contributed by atoms with E-state index in [0.29, 0.717) is 18.3 Å². The molecule has 2 aromatic rings. The molecule has 0 aliphatic heterocycles. The van der Waals surface area contributed by atoms with E-state index in [1.807, 2.05) is 25.1 Å². The lowest BCUT2D eigenvalue weighted by molar-refractivity contribution is 0.419. The Kier molecular flexibility index (Phi) is 4.31. The van der Waals surface area contributed by atoms with E-state index in [1.54, 1.807) is 0 Å². The van der Waals surface area contributed by atoms with Crippen LogP contribution in [0.2, 0.25) is 0 Å². The first-order valence-electron chi connectivity index (χ1n) is 5.19. The minimum Gasteiger partial charge on any atom is -0.334 e. The highest BCUT2D eigenvalue weighted by atomic mass is 79.9. The average Bonchev–Trinajstić information content (AvgIpc) is 2.75.